The van der Waals surface area contributed by atoms with Gasteiger partial charge in [0.25, 0.3) is 0 Å². The molecule has 9 heteroatoms. The van der Waals surface area contributed by atoms with E-state index in [1.54, 1.807) is 19.4 Å². The number of anilines is 1. The van der Waals surface area contributed by atoms with Crippen molar-refractivity contribution in [2.45, 2.75) is 12.0 Å². The number of aromatic nitrogens is 3. The Bertz CT molecular complexity index is 993. The Labute approximate surface area is 174 Å². The van der Waals surface area contributed by atoms with Crippen molar-refractivity contribution >= 4 is 22.8 Å². The molecule has 0 unspecified atom stereocenters. The van der Waals surface area contributed by atoms with E-state index in [1.807, 2.05) is 18.2 Å². The summed E-state index contributed by atoms with van der Waals surface area (Å²) in [4.78, 5) is 19.2. The van der Waals surface area contributed by atoms with E-state index in [4.69, 9.17) is 9.47 Å². The van der Waals surface area contributed by atoms with Gasteiger partial charge < -0.3 is 19.7 Å². The van der Waals surface area contributed by atoms with E-state index < -0.39 is 0 Å². The number of urea groups is 1. The van der Waals surface area contributed by atoms with Crippen LogP contribution in [0.3, 0.4) is 0 Å². The Hall–Kier alpha value is -3.17. The molecule has 2 atom stereocenters. The standard InChI is InChI=1S/C21H26N6O3/c1-27-12-16(14-6-4-3-5-7-14)18(13-27)23-21(28)24-19-10-17-15(11-22-19)20(26-25-17)30-9-8-29-2/h3-7,10-11,16,18H,8-9,12-13H2,1-2H3,(H,25,26)(H2,22,23,24,28)/t16-,18+/m0/s1. The molecular weight excluding hydrogens is 384 g/mol. The second kappa shape index (κ2) is 9.10. The Morgan fingerprint density at radius 3 is 2.90 bits per heavy atom. The summed E-state index contributed by atoms with van der Waals surface area (Å²) in [6.45, 7) is 2.57. The zero-order valence-electron chi connectivity index (χ0n) is 17.1. The predicted octanol–water partition coefficient (Wildman–Crippen LogP) is 2.20. The van der Waals surface area contributed by atoms with E-state index in [2.05, 4.69) is 49.9 Å². The number of likely N-dealkylation sites (N-methyl/N-ethyl adjacent to an activating group) is 1. The SMILES string of the molecule is COCCOc1n[nH]c2cc(NC(=O)N[C@@H]3CN(C)C[C@H]3c3ccccc3)ncc12. The number of amides is 2. The number of nitrogens with zero attached hydrogens (tertiary/aromatic N) is 3. The van der Waals surface area contributed by atoms with Crippen LogP contribution in [0.2, 0.25) is 0 Å². The first kappa shape index (κ1) is 20.1. The summed E-state index contributed by atoms with van der Waals surface area (Å²) in [5.74, 6) is 1.15. The van der Waals surface area contributed by atoms with Crippen molar-refractivity contribution < 1.29 is 14.3 Å². The van der Waals surface area contributed by atoms with Crippen LogP contribution in [-0.2, 0) is 4.74 Å². The number of carbonyl (C=O) groups is 1. The average molecular weight is 410 g/mol. The third-order valence-corrected chi connectivity index (χ3v) is 5.23. The number of carbonyl (C=O) groups excluding carboxylic acids is 1. The smallest absolute Gasteiger partial charge is 0.320 e. The maximum atomic E-state index is 12.6. The fraction of sp³-hybridized carbons (Fsp3) is 0.381. The van der Waals surface area contributed by atoms with Crippen molar-refractivity contribution in [3.05, 3.63) is 48.2 Å². The highest BCUT2D eigenvalue weighted by atomic mass is 16.5. The largest absolute Gasteiger partial charge is 0.474 e. The molecule has 158 valence electrons. The summed E-state index contributed by atoms with van der Waals surface area (Å²) in [5, 5.41) is 13.7. The van der Waals surface area contributed by atoms with Crippen molar-refractivity contribution in [3.8, 4) is 5.88 Å². The van der Waals surface area contributed by atoms with E-state index >= 15 is 0 Å². The van der Waals surface area contributed by atoms with E-state index in [0.717, 1.165) is 24.0 Å². The molecule has 0 spiro atoms. The molecule has 9 nitrogen and oxygen atoms in total. The minimum absolute atomic E-state index is 0.0223. The summed E-state index contributed by atoms with van der Waals surface area (Å²) in [6, 6.07) is 11.8. The van der Waals surface area contributed by atoms with Crippen LogP contribution < -0.4 is 15.4 Å². The van der Waals surface area contributed by atoms with Crippen molar-refractivity contribution in [3.63, 3.8) is 0 Å². The number of aromatic amines is 1. The van der Waals surface area contributed by atoms with Gasteiger partial charge in [0, 0.05) is 38.4 Å². The molecule has 3 heterocycles. The Kier molecular flexibility index (Phi) is 6.10. The first-order chi connectivity index (χ1) is 14.6. The number of ether oxygens (including phenoxy) is 2. The molecule has 1 saturated heterocycles. The lowest BCUT2D eigenvalue weighted by atomic mass is 9.94. The van der Waals surface area contributed by atoms with Crippen LogP contribution in [-0.4, -0.2) is 72.6 Å². The molecule has 0 bridgehead atoms. The van der Waals surface area contributed by atoms with Crippen LogP contribution >= 0.6 is 0 Å². The Morgan fingerprint density at radius 2 is 2.10 bits per heavy atom. The van der Waals surface area contributed by atoms with Crippen molar-refractivity contribution in [1.82, 2.24) is 25.4 Å². The van der Waals surface area contributed by atoms with Gasteiger partial charge >= 0.3 is 6.03 Å². The average Bonchev–Trinajstić information content (AvgIpc) is 3.31. The molecule has 1 aliphatic heterocycles. The fourth-order valence-electron chi connectivity index (χ4n) is 3.80. The molecule has 0 aliphatic carbocycles. The number of methoxy groups -OCH3 is 1. The molecule has 0 radical (unpaired) electrons. The number of likely N-dealkylation sites (tertiary alicyclic amines) is 1. The lowest BCUT2D eigenvalue weighted by molar-refractivity contribution is 0.144. The van der Waals surface area contributed by atoms with Crippen LogP contribution in [0.4, 0.5) is 10.6 Å². The molecule has 30 heavy (non-hydrogen) atoms. The van der Waals surface area contributed by atoms with Crippen LogP contribution in [0.1, 0.15) is 11.5 Å². The predicted molar refractivity (Wildman–Crippen MR) is 114 cm³/mol. The molecule has 0 saturated carbocycles. The third-order valence-electron chi connectivity index (χ3n) is 5.23. The molecule has 1 fully saturated rings. The number of nitrogens with one attached hydrogen (secondary N) is 3. The molecule has 1 aliphatic rings. The molecule has 3 N–H and O–H groups in total. The van der Waals surface area contributed by atoms with Gasteiger partial charge in [-0.3, -0.25) is 10.4 Å². The second-order valence-corrected chi connectivity index (χ2v) is 7.43. The van der Waals surface area contributed by atoms with Gasteiger partial charge in [0.15, 0.2) is 0 Å². The highest BCUT2D eigenvalue weighted by Gasteiger charge is 2.33. The monoisotopic (exact) mass is 410 g/mol. The molecule has 4 rings (SSSR count). The minimum atomic E-state index is -0.279. The number of H-pyrrole nitrogens is 1. The molecular formula is C21H26N6O3. The lowest BCUT2D eigenvalue weighted by Gasteiger charge is -2.20. The minimum Gasteiger partial charge on any atom is -0.474 e. The maximum absolute atomic E-state index is 12.6. The Balaban J connectivity index is 1.40. The second-order valence-electron chi connectivity index (χ2n) is 7.43. The van der Waals surface area contributed by atoms with Crippen LogP contribution in [0.5, 0.6) is 5.88 Å². The first-order valence-electron chi connectivity index (χ1n) is 9.91. The van der Waals surface area contributed by atoms with E-state index in [9.17, 15) is 4.79 Å². The number of hydrogen-bond acceptors (Lipinski definition) is 6. The quantitative estimate of drug-likeness (QED) is 0.516. The summed E-state index contributed by atoms with van der Waals surface area (Å²) < 4.78 is 10.5. The van der Waals surface area contributed by atoms with Gasteiger partial charge in [-0.1, -0.05) is 30.3 Å². The van der Waals surface area contributed by atoms with Gasteiger partial charge in [-0.25, -0.2) is 9.78 Å². The van der Waals surface area contributed by atoms with Gasteiger partial charge in [-0.15, -0.1) is 5.10 Å². The fourth-order valence-corrected chi connectivity index (χ4v) is 3.80. The molecule has 3 aromatic rings. The lowest BCUT2D eigenvalue weighted by Crippen LogP contribution is -2.42. The van der Waals surface area contributed by atoms with Gasteiger partial charge in [0.1, 0.15) is 12.4 Å². The Morgan fingerprint density at radius 1 is 1.27 bits per heavy atom. The molecule has 2 amide bonds. The first-order valence-corrected chi connectivity index (χ1v) is 9.91. The highest BCUT2D eigenvalue weighted by Crippen LogP contribution is 2.27. The number of rotatable bonds is 7. The molecule has 1 aromatic carbocycles. The number of fused-ring (bicyclic) bond motifs is 1. The topological polar surface area (TPSA) is 104 Å². The van der Waals surface area contributed by atoms with E-state index in [1.165, 1.54) is 5.56 Å². The number of pyridine rings is 1. The van der Waals surface area contributed by atoms with Crippen molar-refractivity contribution in [2.75, 3.05) is 45.8 Å². The zero-order valence-corrected chi connectivity index (χ0v) is 17.1. The van der Waals surface area contributed by atoms with Crippen LogP contribution in [0.25, 0.3) is 10.9 Å². The third kappa shape index (κ3) is 4.52. The van der Waals surface area contributed by atoms with E-state index in [-0.39, 0.29) is 18.0 Å². The van der Waals surface area contributed by atoms with Crippen LogP contribution in [0.15, 0.2) is 42.6 Å². The van der Waals surface area contributed by atoms with Gasteiger partial charge in [0.05, 0.1) is 23.6 Å². The van der Waals surface area contributed by atoms with Gasteiger partial charge in [-0.2, -0.15) is 0 Å². The zero-order chi connectivity index (χ0) is 20.9. The van der Waals surface area contributed by atoms with E-state index in [0.29, 0.717) is 24.9 Å². The van der Waals surface area contributed by atoms with Crippen molar-refractivity contribution in [2.24, 2.45) is 0 Å². The summed E-state index contributed by atoms with van der Waals surface area (Å²) in [5.41, 5.74) is 1.96. The number of hydrogen-bond donors (Lipinski definition) is 3. The number of benzene rings is 1. The van der Waals surface area contributed by atoms with Gasteiger partial charge in [0.2, 0.25) is 5.88 Å². The summed E-state index contributed by atoms with van der Waals surface area (Å²) >= 11 is 0. The van der Waals surface area contributed by atoms with Crippen molar-refractivity contribution in [1.29, 1.82) is 0 Å². The maximum Gasteiger partial charge on any atom is 0.320 e. The summed E-state index contributed by atoms with van der Waals surface area (Å²) in [6.07, 6.45) is 1.63. The molecule has 2 aromatic heterocycles. The summed E-state index contributed by atoms with van der Waals surface area (Å²) in [7, 11) is 3.68. The normalized spacial score (nSPS) is 19.1. The van der Waals surface area contributed by atoms with Crippen LogP contribution in [0, 0.1) is 0 Å². The highest BCUT2D eigenvalue weighted by molar-refractivity contribution is 5.92. The van der Waals surface area contributed by atoms with Gasteiger partial charge in [-0.05, 0) is 12.6 Å².